The van der Waals surface area contributed by atoms with Gasteiger partial charge in [-0.25, -0.2) is 0 Å². The average molecular weight is 386 g/mol. The van der Waals surface area contributed by atoms with Crippen LogP contribution in [0, 0.1) is 5.92 Å². The van der Waals surface area contributed by atoms with Gasteiger partial charge in [-0.3, -0.25) is 9.59 Å². The smallest absolute Gasteiger partial charge is 0.251 e. The Balaban J connectivity index is 1.19. The number of nitrogens with one attached hydrogen (secondary N) is 1. The van der Waals surface area contributed by atoms with Crippen molar-refractivity contribution in [3.8, 4) is 5.75 Å². The number of carbonyl (C=O) groups excluding carboxylic acids is 2. The molecular formula is C22H31N3O3. The predicted octanol–water partition coefficient (Wildman–Crippen LogP) is 2.29. The van der Waals surface area contributed by atoms with Gasteiger partial charge in [-0.2, -0.15) is 0 Å². The molecule has 1 aromatic carbocycles. The van der Waals surface area contributed by atoms with Gasteiger partial charge in [0.15, 0.2) is 0 Å². The Morgan fingerprint density at radius 1 is 0.964 bits per heavy atom. The van der Waals surface area contributed by atoms with Gasteiger partial charge in [0.2, 0.25) is 5.91 Å². The standard InChI is InChI=1S/C22H31N3O3/c26-21(23-11-16-24-12-1-2-13-24)17-5-7-19(8-6-17)28-20-9-14-25(15-10-20)22(27)18-3-4-18/h5-8,18,20H,1-4,9-16H2,(H,23,26). The Bertz CT molecular complexity index is 673. The molecule has 0 aromatic heterocycles. The Morgan fingerprint density at radius 2 is 1.64 bits per heavy atom. The second kappa shape index (κ2) is 8.95. The van der Waals surface area contributed by atoms with Gasteiger partial charge in [0.05, 0.1) is 0 Å². The lowest BCUT2D eigenvalue weighted by Crippen LogP contribution is -2.42. The molecule has 0 bridgehead atoms. The highest BCUT2D eigenvalue weighted by Crippen LogP contribution is 2.32. The fraction of sp³-hybridized carbons (Fsp3) is 0.636. The Hall–Kier alpha value is -2.08. The Kier molecular flexibility index (Phi) is 6.15. The summed E-state index contributed by atoms with van der Waals surface area (Å²) in [5, 5.41) is 3.00. The minimum Gasteiger partial charge on any atom is -0.490 e. The molecule has 0 atom stereocenters. The molecule has 4 rings (SSSR count). The zero-order chi connectivity index (χ0) is 19.3. The molecule has 1 aliphatic carbocycles. The maximum Gasteiger partial charge on any atom is 0.251 e. The second-order valence-electron chi connectivity index (χ2n) is 8.25. The molecule has 152 valence electrons. The van der Waals surface area contributed by atoms with Gasteiger partial charge in [0.1, 0.15) is 11.9 Å². The fourth-order valence-electron chi connectivity index (χ4n) is 4.10. The van der Waals surface area contributed by atoms with Crippen LogP contribution in [0.5, 0.6) is 5.75 Å². The summed E-state index contributed by atoms with van der Waals surface area (Å²) < 4.78 is 6.07. The maximum atomic E-state index is 12.3. The molecule has 6 nitrogen and oxygen atoms in total. The molecule has 3 aliphatic rings. The molecule has 3 fully saturated rings. The molecule has 0 spiro atoms. The minimum atomic E-state index is -0.0300. The van der Waals surface area contributed by atoms with Crippen molar-refractivity contribution in [1.29, 1.82) is 0 Å². The van der Waals surface area contributed by atoms with E-state index in [1.165, 1.54) is 12.8 Å². The van der Waals surface area contributed by atoms with Gasteiger partial charge in [0.25, 0.3) is 5.91 Å². The summed E-state index contributed by atoms with van der Waals surface area (Å²) in [4.78, 5) is 28.8. The number of piperidine rings is 1. The number of carbonyl (C=O) groups is 2. The molecule has 0 radical (unpaired) electrons. The molecule has 2 heterocycles. The molecule has 28 heavy (non-hydrogen) atoms. The van der Waals surface area contributed by atoms with Crippen LogP contribution in [0.1, 0.15) is 48.9 Å². The van der Waals surface area contributed by atoms with E-state index in [1.807, 2.05) is 29.2 Å². The van der Waals surface area contributed by atoms with Gasteiger partial charge in [0, 0.05) is 50.5 Å². The predicted molar refractivity (Wildman–Crippen MR) is 107 cm³/mol. The molecular weight excluding hydrogens is 354 g/mol. The molecule has 2 saturated heterocycles. The largest absolute Gasteiger partial charge is 0.490 e. The highest BCUT2D eigenvalue weighted by molar-refractivity contribution is 5.94. The van der Waals surface area contributed by atoms with Crippen molar-refractivity contribution in [3.05, 3.63) is 29.8 Å². The number of ether oxygens (including phenoxy) is 1. The van der Waals surface area contributed by atoms with Crippen LogP contribution in [0.2, 0.25) is 0 Å². The van der Waals surface area contributed by atoms with Gasteiger partial charge in [-0.15, -0.1) is 0 Å². The first kappa shape index (κ1) is 19.2. The normalized spacial score (nSPS) is 20.9. The third-order valence-electron chi connectivity index (χ3n) is 6.01. The van der Waals surface area contributed by atoms with Crippen molar-refractivity contribution in [3.63, 3.8) is 0 Å². The average Bonchev–Trinajstić information content (AvgIpc) is 3.45. The van der Waals surface area contributed by atoms with E-state index in [0.717, 1.165) is 64.2 Å². The van der Waals surface area contributed by atoms with E-state index in [4.69, 9.17) is 4.74 Å². The van der Waals surface area contributed by atoms with Crippen LogP contribution < -0.4 is 10.1 Å². The van der Waals surface area contributed by atoms with E-state index in [1.54, 1.807) is 0 Å². The van der Waals surface area contributed by atoms with Crippen molar-refractivity contribution < 1.29 is 14.3 Å². The highest BCUT2D eigenvalue weighted by Gasteiger charge is 2.35. The summed E-state index contributed by atoms with van der Waals surface area (Å²) in [5.41, 5.74) is 0.665. The summed E-state index contributed by atoms with van der Waals surface area (Å²) in [6.07, 6.45) is 6.55. The summed E-state index contributed by atoms with van der Waals surface area (Å²) in [6, 6.07) is 7.40. The zero-order valence-corrected chi connectivity index (χ0v) is 16.6. The third-order valence-corrected chi connectivity index (χ3v) is 6.01. The summed E-state index contributed by atoms with van der Waals surface area (Å²) >= 11 is 0. The van der Waals surface area contributed by atoms with E-state index in [9.17, 15) is 9.59 Å². The van der Waals surface area contributed by atoms with Crippen molar-refractivity contribution in [2.24, 2.45) is 5.92 Å². The quantitative estimate of drug-likeness (QED) is 0.782. The number of likely N-dealkylation sites (tertiary alicyclic amines) is 2. The van der Waals surface area contributed by atoms with Crippen molar-refractivity contribution in [2.45, 2.75) is 44.6 Å². The molecule has 2 aliphatic heterocycles. The van der Waals surface area contributed by atoms with Crippen molar-refractivity contribution in [2.75, 3.05) is 39.3 Å². The minimum absolute atomic E-state index is 0.0300. The SMILES string of the molecule is O=C(NCCN1CCCC1)c1ccc(OC2CCN(C(=O)C3CC3)CC2)cc1. The van der Waals surface area contributed by atoms with Crippen molar-refractivity contribution in [1.82, 2.24) is 15.1 Å². The molecule has 1 aromatic rings. The topological polar surface area (TPSA) is 61.9 Å². The van der Waals surface area contributed by atoms with E-state index in [0.29, 0.717) is 23.9 Å². The van der Waals surface area contributed by atoms with Gasteiger partial charge < -0.3 is 19.9 Å². The second-order valence-corrected chi connectivity index (χ2v) is 8.25. The first-order chi connectivity index (χ1) is 13.7. The first-order valence-electron chi connectivity index (χ1n) is 10.7. The van der Waals surface area contributed by atoms with Gasteiger partial charge >= 0.3 is 0 Å². The Morgan fingerprint density at radius 3 is 2.29 bits per heavy atom. The summed E-state index contributed by atoms with van der Waals surface area (Å²) in [7, 11) is 0. The highest BCUT2D eigenvalue weighted by atomic mass is 16.5. The van der Waals surface area contributed by atoms with E-state index >= 15 is 0 Å². The zero-order valence-electron chi connectivity index (χ0n) is 16.6. The van der Waals surface area contributed by atoms with Crippen LogP contribution >= 0.6 is 0 Å². The lowest BCUT2D eigenvalue weighted by molar-refractivity contribution is -0.134. The first-order valence-corrected chi connectivity index (χ1v) is 10.7. The van der Waals surface area contributed by atoms with Gasteiger partial charge in [-0.05, 0) is 63.0 Å². The van der Waals surface area contributed by atoms with E-state index in [-0.39, 0.29) is 12.0 Å². The van der Waals surface area contributed by atoms with Crippen LogP contribution in [-0.4, -0.2) is 67.0 Å². The van der Waals surface area contributed by atoms with Gasteiger partial charge in [-0.1, -0.05) is 0 Å². The maximum absolute atomic E-state index is 12.3. The van der Waals surface area contributed by atoms with Crippen LogP contribution in [0.25, 0.3) is 0 Å². The number of amides is 2. The number of hydrogen-bond donors (Lipinski definition) is 1. The Labute approximate surface area is 167 Å². The van der Waals surface area contributed by atoms with E-state index in [2.05, 4.69) is 10.2 Å². The number of nitrogens with zero attached hydrogens (tertiary/aromatic N) is 2. The van der Waals surface area contributed by atoms with Crippen LogP contribution in [0.15, 0.2) is 24.3 Å². The molecule has 2 amide bonds. The monoisotopic (exact) mass is 385 g/mol. The third kappa shape index (κ3) is 5.04. The summed E-state index contributed by atoms with van der Waals surface area (Å²) in [6.45, 7) is 5.49. The summed E-state index contributed by atoms with van der Waals surface area (Å²) in [5.74, 6) is 1.39. The lowest BCUT2D eigenvalue weighted by atomic mass is 10.1. The lowest BCUT2D eigenvalue weighted by Gasteiger charge is -2.32. The van der Waals surface area contributed by atoms with Crippen molar-refractivity contribution >= 4 is 11.8 Å². The molecule has 0 unspecified atom stereocenters. The number of hydrogen-bond acceptors (Lipinski definition) is 4. The van der Waals surface area contributed by atoms with Crippen LogP contribution in [-0.2, 0) is 4.79 Å². The molecule has 6 heteroatoms. The number of rotatable bonds is 7. The van der Waals surface area contributed by atoms with Crippen LogP contribution in [0.3, 0.4) is 0 Å². The van der Waals surface area contributed by atoms with Crippen LogP contribution in [0.4, 0.5) is 0 Å². The number of benzene rings is 1. The molecule has 1 N–H and O–H groups in total. The van der Waals surface area contributed by atoms with E-state index < -0.39 is 0 Å². The fourth-order valence-corrected chi connectivity index (χ4v) is 4.10. The molecule has 1 saturated carbocycles.